The van der Waals surface area contributed by atoms with Crippen molar-refractivity contribution in [1.82, 2.24) is 9.55 Å². The van der Waals surface area contributed by atoms with Gasteiger partial charge in [0.25, 0.3) is 5.56 Å². The summed E-state index contributed by atoms with van der Waals surface area (Å²) >= 11 is 0. The highest BCUT2D eigenvalue weighted by molar-refractivity contribution is 4.97. The summed E-state index contributed by atoms with van der Waals surface area (Å²) in [7, 11) is 0. The number of hydrogen-bond acceptors (Lipinski definition) is 6. The van der Waals surface area contributed by atoms with Crippen LogP contribution in [0.5, 0.6) is 0 Å². The lowest BCUT2D eigenvalue weighted by Crippen LogP contribution is -2.49. The van der Waals surface area contributed by atoms with Crippen LogP contribution in [0.3, 0.4) is 0 Å². The molecule has 0 saturated carbocycles. The largest absolute Gasteiger partial charge is 0.393 e. The molecule has 18 heavy (non-hydrogen) atoms. The Balaban J connectivity index is 2.32. The fraction of sp³-hybridized carbons (Fsp3) is 0.600. The number of nitrogens with two attached hydrogens (primary N) is 1. The van der Waals surface area contributed by atoms with E-state index in [9.17, 15) is 19.8 Å². The van der Waals surface area contributed by atoms with E-state index in [-0.39, 0.29) is 13.0 Å². The molecule has 3 atom stereocenters. The van der Waals surface area contributed by atoms with Gasteiger partial charge in [-0.2, -0.15) is 0 Å². The average Bonchev–Trinajstić information content (AvgIpc) is 2.67. The fourth-order valence-electron chi connectivity index (χ4n) is 2.02. The molecule has 1 fully saturated rings. The third-order valence-electron chi connectivity index (χ3n) is 3.18. The predicted molar refractivity (Wildman–Crippen MR) is 60.9 cm³/mol. The maximum Gasteiger partial charge on any atom is 0.330 e. The Kier molecular flexibility index (Phi) is 3.35. The summed E-state index contributed by atoms with van der Waals surface area (Å²) in [6, 6.07) is 1.18. The van der Waals surface area contributed by atoms with Gasteiger partial charge in [-0.15, -0.1) is 0 Å². The standard InChI is InChI=1S/C10H15N3O5/c11-4-10(5-14)6(15)3-8(18-10)13-2-1-7(16)12-9(13)17/h1-2,6,8,14-15H,3-5,11H2,(H,12,16,17)/t6?,8-,10-/m0/s1. The van der Waals surface area contributed by atoms with Gasteiger partial charge in [-0.25, -0.2) is 4.79 Å². The number of aromatic amines is 1. The Bertz CT molecular complexity index is 533. The van der Waals surface area contributed by atoms with E-state index in [1.165, 1.54) is 12.3 Å². The Morgan fingerprint density at radius 1 is 1.61 bits per heavy atom. The number of rotatable bonds is 3. The number of aliphatic hydroxyl groups excluding tert-OH is 2. The van der Waals surface area contributed by atoms with Crippen molar-refractivity contribution < 1.29 is 14.9 Å². The normalized spacial score (nSPS) is 31.7. The van der Waals surface area contributed by atoms with Crippen LogP contribution in [0, 0.1) is 0 Å². The van der Waals surface area contributed by atoms with Crippen LogP contribution in [0.4, 0.5) is 0 Å². The zero-order chi connectivity index (χ0) is 13.3. The van der Waals surface area contributed by atoms with Crippen LogP contribution in [0.15, 0.2) is 21.9 Å². The number of aliphatic hydroxyl groups is 2. The molecule has 100 valence electrons. The van der Waals surface area contributed by atoms with Gasteiger partial charge in [-0.1, -0.05) is 0 Å². The molecule has 5 N–H and O–H groups in total. The molecule has 1 aliphatic rings. The van der Waals surface area contributed by atoms with Gasteiger partial charge in [-0.05, 0) is 0 Å². The first-order valence-electron chi connectivity index (χ1n) is 5.51. The second-order valence-electron chi connectivity index (χ2n) is 4.27. The van der Waals surface area contributed by atoms with Crippen LogP contribution < -0.4 is 17.0 Å². The Hall–Kier alpha value is -1.48. The first kappa shape index (κ1) is 13.0. The second kappa shape index (κ2) is 4.65. The van der Waals surface area contributed by atoms with E-state index < -0.39 is 35.8 Å². The van der Waals surface area contributed by atoms with Gasteiger partial charge in [0.2, 0.25) is 0 Å². The minimum atomic E-state index is -1.26. The molecule has 0 aromatic carbocycles. The maximum atomic E-state index is 11.6. The molecule has 0 radical (unpaired) electrons. The van der Waals surface area contributed by atoms with Crippen LogP contribution in [0.1, 0.15) is 12.6 Å². The highest BCUT2D eigenvalue weighted by atomic mass is 16.6. The molecule has 0 amide bonds. The number of hydrogen-bond donors (Lipinski definition) is 4. The van der Waals surface area contributed by atoms with Crippen LogP contribution in [-0.2, 0) is 4.74 Å². The van der Waals surface area contributed by atoms with Crippen LogP contribution in [0.25, 0.3) is 0 Å². The molecular formula is C10H15N3O5. The van der Waals surface area contributed by atoms with Crippen molar-refractivity contribution >= 4 is 0 Å². The first-order chi connectivity index (χ1) is 8.52. The Morgan fingerprint density at radius 3 is 2.83 bits per heavy atom. The van der Waals surface area contributed by atoms with E-state index in [1.54, 1.807) is 0 Å². The molecule has 1 unspecified atom stereocenters. The Labute approximate surface area is 102 Å². The van der Waals surface area contributed by atoms with Crippen molar-refractivity contribution in [1.29, 1.82) is 0 Å². The maximum absolute atomic E-state index is 11.6. The lowest BCUT2D eigenvalue weighted by molar-refractivity contribution is -0.122. The van der Waals surface area contributed by atoms with Gasteiger partial charge in [0, 0.05) is 25.2 Å². The van der Waals surface area contributed by atoms with E-state index in [1.807, 2.05) is 0 Å². The zero-order valence-electron chi connectivity index (χ0n) is 9.57. The first-order valence-corrected chi connectivity index (χ1v) is 5.51. The molecule has 8 heteroatoms. The molecule has 0 spiro atoms. The third kappa shape index (κ3) is 1.99. The van der Waals surface area contributed by atoms with E-state index in [2.05, 4.69) is 4.98 Å². The minimum Gasteiger partial charge on any atom is -0.393 e. The lowest BCUT2D eigenvalue weighted by Gasteiger charge is -2.28. The van der Waals surface area contributed by atoms with E-state index >= 15 is 0 Å². The van der Waals surface area contributed by atoms with Gasteiger partial charge in [0.15, 0.2) is 0 Å². The predicted octanol–water partition coefficient (Wildman–Crippen LogP) is -2.49. The van der Waals surface area contributed by atoms with Crippen LogP contribution in [0.2, 0.25) is 0 Å². The zero-order valence-corrected chi connectivity index (χ0v) is 9.57. The smallest absolute Gasteiger partial charge is 0.330 e. The van der Waals surface area contributed by atoms with Crippen LogP contribution in [-0.4, -0.2) is 44.6 Å². The summed E-state index contributed by atoms with van der Waals surface area (Å²) in [5.41, 5.74) is 3.07. The van der Waals surface area contributed by atoms with Gasteiger partial charge in [-0.3, -0.25) is 14.3 Å². The summed E-state index contributed by atoms with van der Waals surface area (Å²) < 4.78 is 6.63. The van der Waals surface area contributed by atoms with E-state index in [4.69, 9.17) is 10.5 Å². The van der Waals surface area contributed by atoms with Crippen molar-refractivity contribution in [2.24, 2.45) is 5.73 Å². The molecule has 1 saturated heterocycles. The lowest BCUT2D eigenvalue weighted by atomic mass is 9.98. The molecule has 0 aliphatic carbocycles. The average molecular weight is 257 g/mol. The topological polar surface area (TPSA) is 131 Å². The number of H-pyrrole nitrogens is 1. The monoisotopic (exact) mass is 257 g/mol. The summed E-state index contributed by atoms with van der Waals surface area (Å²) in [5, 5.41) is 19.1. The fourth-order valence-corrected chi connectivity index (χ4v) is 2.02. The third-order valence-corrected chi connectivity index (χ3v) is 3.18. The molecule has 1 aromatic rings. The van der Waals surface area contributed by atoms with E-state index in [0.717, 1.165) is 4.57 Å². The highest BCUT2D eigenvalue weighted by Crippen LogP contribution is 2.35. The Morgan fingerprint density at radius 2 is 2.33 bits per heavy atom. The van der Waals surface area contributed by atoms with Gasteiger partial charge >= 0.3 is 5.69 Å². The molecule has 2 rings (SSSR count). The minimum absolute atomic E-state index is 0.0702. The molecule has 8 nitrogen and oxygen atoms in total. The van der Waals surface area contributed by atoms with Crippen molar-refractivity contribution in [3.05, 3.63) is 33.1 Å². The molecular weight excluding hydrogens is 242 g/mol. The summed E-state index contributed by atoms with van der Waals surface area (Å²) in [6.45, 7) is -0.515. The molecule has 1 aliphatic heterocycles. The van der Waals surface area contributed by atoms with E-state index in [0.29, 0.717) is 0 Å². The molecule has 0 bridgehead atoms. The summed E-state index contributed by atoms with van der Waals surface area (Å²) in [5.74, 6) is 0. The molecule has 2 heterocycles. The van der Waals surface area contributed by atoms with Gasteiger partial charge in [0.1, 0.15) is 11.8 Å². The SMILES string of the molecule is NC[C@@]1(CO)O[C@H](n2ccc(=O)[nH]c2=O)CC1O. The number of nitrogens with zero attached hydrogens (tertiary/aromatic N) is 1. The highest BCUT2D eigenvalue weighted by Gasteiger charge is 2.47. The second-order valence-corrected chi connectivity index (χ2v) is 4.27. The van der Waals surface area contributed by atoms with Gasteiger partial charge in [0.05, 0.1) is 12.7 Å². The van der Waals surface area contributed by atoms with Gasteiger partial charge < -0.3 is 20.7 Å². The number of nitrogens with one attached hydrogen (secondary N) is 1. The van der Waals surface area contributed by atoms with Crippen LogP contribution >= 0.6 is 0 Å². The van der Waals surface area contributed by atoms with Crippen molar-refractivity contribution in [3.8, 4) is 0 Å². The van der Waals surface area contributed by atoms with Crippen molar-refractivity contribution in [2.75, 3.05) is 13.2 Å². The van der Waals surface area contributed by atoms with Crippen molar-refractivity contribution in [2.45, 2.75) is 24.4 Å². The van der Waals surface area contributed by atoms with Crippen molar-refractivity contribution in [3.63, 3.8) is 0 Å². The summed E-state index contributed by atoms with van der Waals surface area (Å²) in [6.07, 6.45) is -0.344. The summed E-state index contributed by atoms with van der Waals surface area (Å²) in [4.78, 5) is 24.6. The number of ether oxygens (including phenoxy) is 1. The number of aromatic nitrogens is 2. The quantitative estimate of drug-likeness (QED) is 0.473. The molecule has 1 aromatic heterocycles.